The van der Waals surface area contributed by atoms with Gasteiger partial charge in [-0.05, 0) is 41.5 Å². The Morgan fingerprint density at radius 3 is 2.59 bits per heavy atom. The first-order valence-electron chi connectivity index (χ1n) is 6.41. The molecule has 1 aromatic heterocycles. The van der Waals surface area contributed by atoms with Crippen LogP contribution in [0, 0.1) is 6.92 Å². The number of benzene rings is 1. The summed E-state index contributed by atoms with van der Waals surface area (Å²) in [5, 5.41) is 8.57. The standard InChI is InChI=1S/C15H22N2/c1-6-7-11-10(2)8-13-12(9-16-17-13)14(11)15(3,4)5/h8-9H,6-7H2,1-5H3,(H,16,17). The van der Waals surface area contributed by atoms with Crippen LogP contribution in [0.5, 0.6) is 0 Å². The third-order valence-corrected chi connectivity index (χ3v) is 3.33. The van der Waals surface area contributed by atoms with Crippen LogP contribution in [0.15, 0.2) is 12.3 Å². The molecule has 0 spiro atoms. The number of aryl methyl sites for hydroxylation is 1. The van der Waals surface area contributed by atoms with Crippen molar-refractivity contribution in [3.8, 4) is 0 Å². The Morgan fingerprint density at radius 1 is 1.29 bits per heavy atom. The molecule has 0 saturated carbocycles. The fourth-order valence-electron chi connectivity index (χ4n) is 2.70. The maximum atomic E-state index is 4.19. The van der Waals surface area contributed by atoms with Crippen molar-refractivity contribution < 1.29 is 0 Å². The molecular weight excluding hydrogens is 208 g/mol. The second-order valence-corrected chi connectivity index (χ2v) is 5.88. The maximum Gasteiger partial charge on any atom is 0.0656 e. The van der Waals surface area contributed by atoms with Gasteiger partial charge >= 0.3 is 0 Å². The van der Waals surface area contributed by atoms with Gasteiger partial charge in [-0.25, -0.2) is 0 Å². The summed E-state index contributed by atoms with van der Waals surface area (Å²) in [5.41, 5.74) is 5.68. The van der Waals surface area contributed by atoms with Crippen LogP contribution in [0.1, 0.15) is 50.8 Å². The lowest BCUT2D eigenvalue weighted by Crippen LogP contribution is -2.16. The predicted octanol–water partition coefficient (Wildman–Crippen LogP) is 4.12. The monoisotopic (exact) mass is 230 g/mol. The molecule has 0 radical (unpaired) electrons. The van der Waals surface area contributed by atoms with Crippen LogP contribution in [0.4, 0.5) is 0 Å². The van der Waals surface area contributed by atoms with E-state index in [4.69, 9.17) is 0 Å². The Balaban J connectivity index is 2.80. The minimum atomic E-state index is 0.165. The smallest absolute Gasteiger partial charge is 0.0656 e. The van der Waals surface area contributed by atoms with Crippen molar-refractivity contribution in [2.75, 3.05) is 0 Å². The molecule has 0 unspecified atom stereocenters. The first-order valence-corrected chi connectivity index (χ1v) is 6.41. The molecule has 2 nitrogen and oxygen atoms in total. The second kappa shape index (κ2) is 4.17. The highest BCUT2D eigenvalue weighted by molar-refractivity contribution is 5.85. The predicted molar refractivity (Wildman–Crippen MR) is 73.5 cm³/mol. The average Bonchev–Trinajstić information content (AvgIpc) is 2.64. The highest BCUT2D eigenvalue weighted by Gasteiger charge is 2.22. The van der Waals surface area contributed by atoms with Gasteiger partial charge in [-0.15, -0.1) is 0 Å². The fraction of sp³-hybridized carbons (Fsp3) is 0.533. The number of fused-ring (bicyclic) bond motifs is 1. The minimum Gasteiger partial charge on any atom is -0.278 e. The summed E-state index contributed by atoms with van der Waals surface area (Å²) in [6, 6.07) is 2.22. The molecule has 2 rings (SSSR count). The van der Waals surface area contributed by atoms with Gasteiger partial charge in [0, 0.05) is 5.39 Å². The van der Waals surface area contributed by atoms with Crippen LogP contribution >= 0.6 is 0 Å². The summed E-state index contributed by atoms with van der Waals surface area (Å²) in [5.74, 6) is 0. The number of aromatic amines is 1. The molecule has 0 amide bonds. The number of hydrogen-bond donors (Lipinski definition) is 1. The first-order chi connectivity index (χ1) is 7.95. The van der Waals surface area contributed by atoms with E-state index >= 15 is 0 Å². The van der Waals surface area contributed by atoms with E-state index in [1.54, 1.807) is 0 Å². The zero-order valence-corrected chi connectivity index (χ0v) is 11.5. The van der Waals surface area contributed by atoms with Crippen molar-refractivity contribution in [2.24, 2.45) is 0 Å². The lowest BCUT2D eigenvalue weighted by atomic mass is 9.79. The quantitative estimate of drug-likeness (QED) is 0.826. The molecular formula is C15H22N2. The third kappa shape index (κ3) is 2.08. The Hall–Kier alpha value is -1.31. The lowest BCUT2D eigenvalue weighted by Gasteiger charge is -2.25. The molecule has 92 valence electrons. The number of rotatable bonds is 2. The van der Waals surface area contributed by atoms with Crippen LogP contribution in [0.25, 0.3) is 10.9 Å². The average molecular weight is 230 g/mol. The van der Waals surface area contributed by atoms with Gasteiger partial charge in [0.15, 0.2) is 0 Å². The van der Waals surface area contributed by atoms with Gasteiger partial charge in [0.2, 0.25) is 0 Å². The Kier molecular flexibility index (Phi) is 2.98. The van der Waals surface area contributed by atoms with Crippen LogP contribution < -0.4 is 0 Å². The fourth-order valence-corrected chi connectivity index (χ4v) is 2.70. The first kappa shape index (κ1) is 12.2. The molecule has 2 aromatic rings. The molecule has 1 aromatic carbocycles. The lowest BCUT2D eigenvalue weighted by molar-refractivity contribution is 0.586. The van der Waals surface area contributed by atoms with E-state index in [-0.39, 0.29) is 5.41 Å². The van der Waals surface area contributed by atoms with Gasteiger partial charge in [0.05, 0.1) is 11.7 Å². The van der Waals surface area contributed by atoms with Crippen LogP contribution in [-0.2, 0) is 11.8 Å². The van der Waals surface area contributed by atoms with Gasteiger partial charge < -0.3 is 0 Å². The van der Waals surface area contributed by atoms with E-state index in [1.165, 1.54) is 28.5 Å². The zero-order valence-electron chi connectivity index (χ0n) is 11.5. The minimum absolute atomic E-state index is 0.165. The van der Waals surface area contributed by atoms with Gasteiger partial charge in [0.1, 0.15) is 0 Å². The van der Waals surface area contributed by atoms with Crippen LogP contribution in [-0.4, -0.2) is 10.2 Å². The van der Waals surface area contributed by atoms with E-state index in [1.807, 2.05) is 6.20 Å². The molecule has 2 heteroatoms. The molecule has 0 saturated heterocycles. The van der Waals surface area contributed by atoms with Gasteiger partial charge in [0.25, 0.3) is 0 Å². The summed E-state index contributed by atoms with van der Waals surface area (Å²) < 4.78 is 0. The molecule has 1 N–H and O–H groups in total. The highest BCUT2D eigenvalue weighted by atomic mass is 15.1. The van der Waals surface area contributed by atoms with Crippen molar-refractivity contribution in [3.05, 3.63) is 29.0 Å². The van der Waals surface area contributed by atoms with Crippen LogP contribution in [0.2, 0.25) is 0 Å². The van der Waals surface area contributed by atoms with Crippen molar-refractivity contribution in [2.45, 2.75) is 52.9 Å². The number of hydrogen-bond acceptors (Lipinski definition) is 1. The molecule has 0 aliphatic heterocycles. The number of aromatic nitrogens is 2. The van der Waals surface area contributed by atoms with Gasteiger partial charge in [-0.1, -0.05) is 34.1 Å². The van der Waals surface area contributed by atoms with E-state index in [9.17, 15) is 0 Å². The number of nitrogens with zero attached hydrogens (tertiary/aromatic N) is 1. The molecule has 17 heavy (non-hydrogen) atoms. The summed E-state index contributed by atoms with van der Waals surface area (Å²) in [6.45, 7) is 11.3. The van der Waals surface area contributed by atoms with Gasteiger partial charge in [-0.3, -0.25) is 5.10 Å². The van der Waals surface area contributed by atoms with Crippen molar-refractivity contribution in [1.29, 1.82) is 0 Å². The zero-order chi connectivity index (χ0) is 12.6. The topological polar surface area (TPSA) is 28.7 Å². The van der Waals surface area contributed by atoms with E-state index in [0.717, 1.165) is 11.9 Å². The summed E-state index contributed by atoms with van der Waals surface area (Å²) in [4.78, 5) is 0. The second-order valence-electron chi connectivity index (χ2n) is 5.88. The summed E-state index contributed by atoms with van der Waals surface area (Å²) >= 11 is 0. The highest BCUT2D eigenvalue weighted by Crippen LogP contribution is 2.35. The van der Waals surface area contributed by atoms with E-state index in [0.29, 0.717) is 0 Å². The third-order valence-electron chi connectivity index (χ3n) is 3.33. The SMILES string of the molecule is CCCc1c(C)cc2[nH]ncc2c1C(C)(C)C. The Bertz CT molecular complexity index is 530. The number of nitrogens with one attached hydrogen (secondary N) is 1. The van der Waals surface area contributed by atoms with E-state index < -0.39 is 0 Å². The van der Waals surface area contributed by atoms with Crippen molar-refractivity contribution >= 4 is 10.9 Å². The Labute approximate surface area is 103 Å². The molecule has 0 aliphatic rings. The molecule has 1 heterocycles. The summed E-state index contributed by atoms with van der Waals surface area (Å²) in [7, 11) is 0. The molecule has 0 fully saturated rings. The normalized spacial score (nSPS) is 12.3. The summed E-state index contributed by atoms with van der Waals surface area (Å²) in [6.07, 6.45) is 4.31. The Morgan fingerprint density at radius 2 is 2.00 bits per heavy atom. The largest absolute Gasteiger partial charge is 0.278 e. The molecule has 0 aliphatic carbocycles. The van der Waals surface area contributed by atoms with Crippen molar-refractivity contribution in [3.63, 3.8) is 0 Å². The maximum absolute atomic E-state index is 4.19. The molecule has 0 atom stereocenters. The van der Waals surface area contributed by atoms with E-state index in [2.05, 4.69) is 50.9 Å². The van der Waals surface area contributed by atoms with Gasteiger partial charge in [-0.2, -0.15) is 5.10 Å². The number of H-pyrrole nitrogens is 1. The molecule has 0 bridgehead atoms. The van der Waals surface area contributed by atoms with Crippen molar-refractivity contribution in [1.82, 2.24) is 10.2 Å². The van der Waals surface area contributed by atoms with Crippen LogP contribution in [0.3, 0.4) is 0 Å².